The van der Waals surface area contributed by atoms with Gasteiger partial charge in [0.25, 0.3) is 5.56 Å². The Balaban J connectivity index is 1.75. The van der Waals surface area contributed by atoms with E-state index in [1.807, 2.05) is 16.5 Å². The van der Waals surface area contributed by atoms with Gasteiger partial charge in [0, 0.05) is 18.1 Å². The van der Waals surface area contributed by atoms with Gasteiger partial charge in [-0.15, -0.1) is 10.2 Å². The summed E-state index contributed by atoms with van der Waals surface area (Å²) in [5.41, 5.74) is 1.42. The summed E-state index contributed by atoms with van der Waals surface area (Å²) in [6.07, 6.45) is 4.65. The van der Waals surface area contributed by atoms with Crippen LogP contribution in [0.1, 0.15) is 31.2 Å². The number of benzene rings is 2. The van der Waals surface area contributed by atoms with E-state index in [0.717, 1.165) is 43.0 Å². The quantitative estimate of drug-likeness (QED) is 0.395. The molecule has 0 unspecified atom stereocenters. The van der Waals surface area contributed by atoms with Crippen molar-refractivity contribution in [3.63, 3.8) is 0 Å². The first-order valence-electron chi connectivity index (χ1n) is 10.3. The van der Waals surface area contributed by atoms with Gasteiger partial charge in [-0.2, -0.15) is 0 Å². The molecule has 31 heavy (non-hydrogen) atoms. The molecule has 5 rings (SSSR count). The Labute approximate surface area is 194 Å². The molecule has 0 saturated carbocycles. The van der Waals surface area contributed by atoms with E-state index in [-0.39, 0.29) is 5.56 Å². The van der Waals surface area contributed by atoms with E-state index in [1.165, 1.54) is 12.8 Å². The van der Waals surface area contributed by atoms with Crippen LogP contribution in [-0.4, -0.2) is 32.3 Å². The van der Waals surface area contributed by atoms with Gasteiger partial charge in [0.05, 0.1) is 27.5 Å². The van der Waals surface area contributed by atoms with Gasteiger partial charge in [-0.3, -0.25) is 9.36 Å². The first kappa shape index (κ1) is 20.6. The van der Waals surface area contributed by atoms with E-state index in [4.69, 9.17) is 34.8 Å². The van der Waals surface area contributed by atoms with Crippen molar-refractivity contribution in [3.8, 4) is 0 Å². The van der Waals surface area contributed by atoms with Crippen LogP contribution in [0.5, 0.6) is 0 Å². The maximum Gasteiger partial charge on any atom is 0.263 e. The average molecular weight is 477 g/mol. The van der Waals surface area contributed by atoms with Crippen LogP contribution in [-0.2, 0) is 6.54 Å². The Morgan fingerprint density at radius 2 is 1.65 bits per heavy atom. The Bertz CT molecular complexity index is 1340. The molecule has 0 spiro atoms. The third kappa shape index (κ3) is 3.77. The summed E-state index contributed by atoms with van der Waals surface area (Å²) in [5.74, 6) is 1.25. The minimum absolute atomic E-state index is 0.175. The number of aromatic nitrogens is 4. The molecular formula is C22H20Cl3N5O. The van der Waals surface area contributed by atoms with Crippen LogP contribution in [0.15, 0.2) is 41.2 Å². The van der Waals surface area contributed by atoms with Crippen LogP contribution in [0, 0.1) is 0 Å². The van der Waals surface area contributed by atoms with Crippen molar-refractivity contribution in [2.75, 3.05) is 18.0 Å². The average Bonchev–Trinajstić information content (AvgIpc) is 3.01. The molecule has 6 nitrogen and oxygen atoms in total. The number of hydrogen-bond acceptors (Lipinski definition) is 4. The van der Waals surface area contributed by atoms with E-state index in [1.54, 1.807) is 28.8 Å². The van der Waals surface area contributed by atoms with Gasteiger partial charge in [0.2, 0.25) is 11.7 Å². The lowest BCUT2D eigenvalue weighted by Crippen LogP contribution is -2.28. The fraction of sp³-hybridized carbons (Fsp3) is 0.318. The maximum absolute atomic E-state index is 13.4. The van der Waals surface area contributed by atoms with Crippen molar-refractivity contribution in [2.45, 2.75) is 32.2 Å². The van der Waals surface area contributed by atoms with E-state index in [2.05, 4.69) is 15.1 Å². The minimum atomic E-state index is -0.175. The fourth-order valence-electron chi connectivity index (χ4n) is 4.21. The summed E-state index contributed by atoms with van der Waals surface area (Å²) in [6.45, 7) is 2.13. The van der Waals surface area contributed by atoms with Crippen molar-refractivity contribution in [1.82, 2.24) is 19.2 Å². The Morgan fingerprint density at radius 3 is 2.39 bits per heavy atom. The molecule has 0 radical (unpaired) electrons. The highest BCUT2D eigenvalue weighted by atomic mass is 35.5. The number of fused-ring (bicyclic) bond motifs is 3. The zero-order valence-electron chi connectivity index (χ0n) is 16.7. The van der Waals surface area contributed by atoms with Gasteiger partial charge in [-0.1, -0.05) is 53.7 Å². The summed E-state index contributed by atoms with van der Waals surface area (Å²) >= 11 is 18.5. The molecule has 0 N–H and O–H groups in total. The number of rotatable bonds is 3. The first-order chi connectivity index (χ1) is 15.0. The molecule has 0 amide bonds. The molecule has 4 aromatic rings. The van der Waals surface area contributed by atoms with Crippen LogP contribution < -0.4 is 10.5 Å². The minimum Gasteiger partial charge on any atom is -0.341 e. The number of nitrogens with zero attached hydrogens (tertiary/aromatic N) is 5. The molecule has 160 valence electrons. The molecule has 1 aliphatic rings. The predicted molar refractivity (Wildman–Crippen MR) is 126 cm³/mol. The predicted octanol–water partition coefficient (Wildman–Crippen LogP) is 5.43. The SMILES string of the molecule is O=c1c2cc(Cl)ccc2n2c(N3CCCCCC3)nnc2n1Cc1ccc(Cl)c(Cl)c1. The van der Waals surface area contributed by atoms with E-state index in [9.17, 15) is 4.79 Å². The second-order valence-corrected chi connectivity index (χ2v) is 9.09. The van der Waals surface area contributed by atoms with Crippen molar-refractivity contribution < 1.29 is 0 Å². The first-order valence-corrected chi connectivity index (χ1v) is 11.4. The molecule has 1 fully saturated rings. The van der Waals surface area contributed by atoms with Crippen molar-refractivity contribution in [1.29, 1.82) is 0 Å². The van der Waals surface area contributed by atoms with E-state index in [0.29, 0.717) is 32.8 Å². The number of anilines is 1. The Hall–Kier alpha value is -2.28. The fourth-order valence-corrected chi connectivity index (χ4v) is 4.70. The lowest BCUT2D eigenvalue weighted by Gasteiger charge is -2.21. The monoisotopic (exact) mass is 475 g/mol. The van der Waals surface area contributed by atoms with Gasteiger partial charge in [0.15, 0.2) is 0 Å². The second kappa shape index (κ2) is 8.34. The summed E-state index contributed by atoms with van der Waals surface area (Å²) in [4.78, 5) is 15.7. The second-order valence-electron chi connectivity index (χ2n) is 7.84. The molecule has 1 saturated heterocycles. The highest BCUT2D eigenvalue weighted by molar-refractivity contribution is 6.42. The zero-order valence-corrected chi connectivity index (χ0v) is 19.0. The van der Waals surface area contributed by atoms with Crippen LogP contribution in [0.4, 0.5) is 5.95 Å². The number of hydrogen-bond donors (Lipinski definition) is 0. The van der Waals surface area contributed by atoms with Gasteiger partial charge >= 0.3 is 0 Å². The molecular weight excluding hydrogens is 457 g/mol. The molecule has 3 heterocycles. The normalized spacial score (nSPS) is 15.0. The van der Waals surface area contributed by atoms with Crippen molar-refractivity contribution in [2.24, 2.45) is 0 Å². The topological polar surface area (TPSA) is 55.4 Å². The number of halogens is 3. The Morgan fingerprint density at radius 1 is 0.871 bits per heavy atom. The molecule has 0 aliphatic carbocycles. The van der Waals surface area contributed by atoms with Gasteiger partial charge < -0.3 is 4.90 Å². The standard InChI is InChI=1S/C22H20Cl3N5O/c23-15-6-8-19-16(12-15)20(31)29(13-14-5-7-17(24)18(25)11-14)22-27-26-21(30(19)22)28-9-3-1-2-4-10-28/h5-8,11-12H,1-4,9-10,13H2. The lowest BCUT2D eigenvalue weighted by atomic mass is 10.2. The third-order valence-electron chi connectivity index (χ3n) is 5.76. The smallest absolute Gasteiger partial charge is 0.263 e. The highest BCUT2D eigenvalue weighted by Crippen LogP contribution is 2.26. The van der Waals surface area contributed by atoms with Gasteiger partial charge in [-0.25, -0.2) is 4.40 Å². The van der Waals surface area contributed by atoms with Crippen molar-refractivity contribution in [3.05, 3.63) is 67.4 Å². The lowest BCUT2D eigenvalue weighted by molar-refractivity contribution is 0.726. The van der Waals surface area contributed by atoms with Crippen LogP contribution >= 0.6 is 34.8 Å². The summed E-state index contributed by atoms with van der Waals surface area (Å²) < 4.78 is 3.59. The Kier molecular flexibility index (Phi) is 5.54. The van der Waals surface area contributed by atoms with Crippen LogP contribution in [0.2, 0.25) is 15.1 Å². The third-order valence-corrected chi connectivity index (χ3v) is 6.73. The zero-order chi connectivity index (χ0) is 21.5. The summed E-state index contributed by atoms with van der Waals surface area (Å²) in [6, 6.07) is 10.7. The largest absolute Gasteiger partial charge is 0.341 e. The van der Waals surface area contributed by atoms with Gasteiger partial charge in [-0.05, 0) is 48.7 Å². The summed E-state index contributed by atoms with van der Waals surface area (Å²) in [5, 5.41) is 10.9. The molecule has 1 aliphatic heterocycles. The maximum atomic E-state index is 13.4. The molecule has 2 aromatic heterocycles. The van der Waals surface area contributed by atoms with Gasteiger partial charge in [0.1, 0.15) is 0 Å². The van der Waals surface area contributed by atoms with Crippen LogP contribution in [0.25, 0.3) is 16.7 Å². The van der Waals surface area contributed by atoms with Crippen molar-refractivity contribution >= 4 is 57.4 Å². The molecule has 0 bridgehead atoms. The highest BCUT2D eigenvalue weighted by Gasteiger charge is 2.21. The van der Waals surface area contributed by atoms with Crippen LogP contribution in [0.3, 0.4) is 0 Å². The van der Waals surface area contributed by atoms with E-state index < -0.39 is 0 Å². The summed E-state index contributed by atoms with van der Waals surface area (Å²) in [7, 11) is 0. The molecule has 0 atom stereocenters. The van der Waals surface area contributed by atoms with E-state index >= 15 is 0 Å². The molecule has 9 heteroatoms. The molecule has 2 aromatic carbocycles.